The maximum atomic E-state index is 6.70. The summed E-state index contributed by atoms with van der Waals surface area (Å²) in [5.74, 6) is 1.49. The molecular formula is C48H33NO2. The Balaban J connectivity index is 1.01. The molecule has 2 aromatic heterocycles. The zero-order chi connectivity index (χ0) is 33.5. The monoisotopic (exact) mass is 655 g/mol. The molecule has 0 radical (unpaired) electrons. The highest BCUT2D eigenvalue weighted by Gasteiger charge is 2.36. The van der Waals surface area contributed by atoms with Crippen molar-refractivity contribution in [1.82, 2.24) is 4.57 Å². The normalized spacial score (nSPS) is 19.1. The largest absolute Gasteiger partial charge is 0.481 e. The second-order valence-corrected chi connectivity index (χ2v) is 14.0. The molecule has 0 bridgehead atoms. The Hall–Kier alpha value is -6.32. The van der Waals surface area contributed by atoms with Crippen molar-refractivity contribution in [2.45, 2.75) is 18.4 Å². The van der Waals surface area contributed by atoms with Gasteiger partial charge in [-0.1, -0.05) is 109 Å². The third-order valence-electron chi connectivity index (χ3n) is 11.1. The molecule has 2 aliphatic carbocycles. The summed E-state index contributed by atoms with van der Waals surface area (Å²) < 4.78 is 15.8. The number of ether oxygens (including phenoxy) is 1. The van der Waals surface area contributed by atoms with Crippen LogP contribution in [0.5, 0.6) is 5.75 Å². The van der Waals surface area contributed by atoms with Crippen molar-refractivity contribution in [3.8, 4) is 33.7 Å². The molecule has 11 rings (SSSR count). The average molecular weight is 656 g/mol. The summed E-state index contributed by atoms with van der Waals surface area (Å²) >= 11 is 0. The lowest BCUT2D eigenvalue weighted by atomic mass is 9.83. The van der Waals surface area contributed by atoms with Crippen molar-refractivity contribution in [3.05, 3.63) is 181 Å². The van der Waals surface area contributed by atoms with E-state index in [0.29, 0.717) is 5.92 Å². The van der Waals surface area contributed by atoms with Crippen molar-refractivity contribution in [2.75, 3.05) is 0 Å². The fourth-order valence-electron chi connectivity index (χ4n) is 8.53. The second kappa shape index (κ2) is 11.1. The van der Waals surface area contributed by atoms with Crippen molar-refractivity contribution in [3.63, 3.8) is 0 Å². The fraction of sp³-hybridized carbons (Fsp3) is 0.0833. The van der Waals surface area contributed by atoms with Crippen molar-refractivity contribution in [2.24, 2.45) is 5.92 Å². The van der Waals surface area contributed by atoms with Gasteiger partial charge >= 0.3 is 0 Å². The van der Waals surface area contributed by atoms with Gasteiger partial charge in [0.1, 0.15) is 11.7 Å². The van der Waals surface area contributed by atoms with Gasteiger partial charge in [-0.15, -0.1) is 0 Å². The van der Waals surface area contributed by atoms with Crippen LogP contribution in [0.1, 0.15) is 17.9 Å². The number of benzene rings is 6. The summed E-state index contributed by atoms with van der Waals surface area (Å²) in [5, 5.41) is 4.66. The van der Waals surface area contributed by atoms with Crippen LogP contribution >= 0.6 is 0 Å². The molecule has 3 heterocycles. The van der Waals surface area contributed by atoms with Crippen LogP contribution in [0.2, 0.25) is 0 Å². The molecule has 3 atom stereocenters. The van der Waals surface area contributed by atoms with Crippen LogP contribution in [0.3, 0.4) is 0 Å². The van der Waals surface area contributed by atoms with Gasteiger partial charge in [0.15, 0.2) is 11.3 Å². The van der Waals surface area contributed by atoms with Crippen LogP contribution < -0.4 is 4.74 Å². The highest BCUT2D eigenvalue weighted by molar-refractivity contribution is 6.12. The van der Waals surface area contributed by atoms with Gasteiger partial charge in [-0.05, 0) is 94.9 Å². The van der Waals surface area contributed by atoms with E-state index in [-0.39, 0.29) is 12.0 Å². The van der Waals surface area contributed by atoms with E-state index < -0.39 is 0 Å². The quantitative estimate of drug-likeness (QED) is 0.189. The Morgan fingerprint density at radius 3 is 2.06 bits per heavy atom. The summed E-state index contributed by atoms with van der Waals surface area (Å²) in [6.45, 7) is 0. The number of aromatic nitrogens is 1. The molecule has 8 aromatic rings. The maximum Gasteiger partial charge on any atom is 0.177 e. The Morgan fingerprint density at radius 1 is 0.588 bits per heavy atom. The zero-order valence-electron chi connectivity index (χ0n) is 27.9. The molecule has 6 aromatic carbocycles. The molecule has 3 aliphatic rings. The van der Waals surface area contributed by atoms with Crippen LogP contribution in [0.15, 0.2) is 180 Å². The summed E-state index contributed by atoms with van der Waals surface area (Å²) in [7, 11) is 0. The average Bonchev–Trinajstić information content (AvgIpc) is 3.87. The van der Waals surface area contributed by atoms with E-state index in [1.165, 1.54) is 44.1 Å². The Bertz CT molecular complexity index is 2810. The molecule has 0 saturated heterocycles. The highest BCUT2D eigenvalue weighted by Crippen LogP contribution is 2.49. The minimum absolute atomic E-state index is 0.0131. The van der Waals surface area contributed by atoms with E-state index in [9.17, 15) is 0 Å². The third-order valence-corrected chi connectivity index (χ3v) is 11.1. The number of hydrogen-bond donors (Lipinski definition) is 0. The van der Waals surface area contributed by atoms with Crippen LogP contribution in [0, 0.1) is 5.92 Å². The summed E-state index contributed by atoms with van der Waals surface area (Å²) in [4.78, 5) is 0. The second-order valence-electron chi connectivity index (χ2n) is 14.0. The van der Waals surface area contributed by atoms with Gasteiger partial charge in [0, 0.05) is 44.6 Å². The smallest absolute Gasteiger partial charge is 0.177 e. The minimum atomic E-state index is -0.0131. The lowest BCUT2D eigenvalue weighted by Crippen LogP contribution is -2.19. The molecule has 3 nitrogen and oxygen atoms in total. The Morgan fingerprint density at radius 2 is 1.29 bits per heavy atom. The van der Waals surface area contributed by atoms with Crippen molar-refractivity contribution in [1.29, 1.82) is 0 Å². The van der Waals surface area contributed by atoms with Crippen LogP contribution in [-0.4, -0.2) is 10.7 Å². The first-order valence-corrected chi connectivity index (χ1v) is 17.9. The van der Waals surface area contributed by atoms with Crippen LogP contribution in [-0.2, 0) is 0 Å². The number of fused-ring (bicyclic) bond motifs is 10. The molecular weight excluding hydrogens is 623 g/mol. The van der Waals surface area contributed by atoms with E-state index >= 15 is 0 Å². The van der Waals surface area contributed by atoms with Gasteiger partial charge in [-0.25, -0.2) is 0 Å². The Labute approximate surface area is 295 Å². The zero-order valence-corrected chi connectivity index (χ0v) is 27.9. The molecule has 0 fully saturated rings. The Kier molecular flexibility index (Phi) is 6.20. The number of furan rings is 1. The number of para-hydroxylation sites is 1. The number of rotatable bonds is 4. The molecule has 0 saturated carbocycles. The molecule has 3 unspecified atom stereocenters. The molecule has 3 heteroatoms. The number of nitrogens with zero attached hydrogens (tertiary/aromatic N) is 1. The molecule has 0 spiro atoms. The first-order valence-electron chi connectivity index (χ1n) is 17.9. The lowest BCUT2D eigenvalue weighted by molar-refractivity contribution is 0.267. The maximum absolute atomic E-state index is 6.70. The molecule has 0 N–H and O–H groups in total. The van der Waals surface area contributed by atoms with Gasteiger partial charge in [0.25, 0.3) is 0 Å². The fourth-order valence-corrected chi connectivity index (χ4v) is 8.53. The van der Waals surface area contributed by atoms with E-state index in [0.717, 1.165) is 50.9 Å². The number of hydrogen-bond acceptors (Lipinski definition) is 2. The van der Waals surface area contributed by atoms with Crippen molar-refractivity contribution < 1.29 is 9.15 Å². The predicted octanol–water partition coefficient (Wildman–Crippen LogP) is 12.5. The van der Waals surface area contributed by atoms with E-state index in [4.69, 9.17) is 9.15 Å². The van der Waals surface area contributed by atoms with E-state index in [1.54, 1.807) is 0 Å². The first kappa shape index (κ1) is 28.5. The minimum Gasteiger partial charge on any atom is -0.481 e. The van der Waals surface area contributed by atoms with E-state index in [2.05, 4.69) is 174 Å². The molecule has 1 aliphatic heterocycles. The van der Waals surface area contributed by atoms with Gasteiger partial charge in [-0.3, -0.25) is 0 Å². The van der Waals surface area contributed by atoms with E-state index in [1.807, 2.05) is 0 Å². The standard InChI is InChI=1S/C48H33NO2/c1-4-10-30(11-5-1)32-18-24-43-41(26-32)42-27-33(19-25-44(42)49(43)36-14-8-3-9-15-36)35-17-21-38-40-23-22-39-37-20-16-34(31-12-6-2-7-13-31)28-45(37)50-47(39)48(40)51-46(38)29-35/h1-12,14-29,31,37,45H,13H2. The number of allylic oxidation sites excluding steroid dienone is 6. The highest BCUT2D eigenvalue weighted by atomic mass is 16.5. The first-order chi connectivity index (χ1) is 25.3. The summed E-state index contributed by atoms with van der Waals surface area (Å²) in [6.07, 6.45) is 16.7. The molecule has 51 heavy (non-hydrogen) atoms. The summed E-state index contributed by atoms with van der Waals surface area (Å²) in [6, 6.07) is 46.0. The predicted molar refractivity (Wildman–Crippen MR) is 210 cm³/mol. The third kappa shape index (κ3) is 4.44. The lowest BCUT2D eigenvalue weighted by Gasteiger charge is -2.22. The SMILES string of the molecule is C1=CCC(C2=CC3Oc4c(ccc5c4oc4cc(-c6ccc7c(c6)c6cc(-c8ccccc8)ccc6n7-c6ccccc6)ccc45)C3C=C2)C=C1. The molecule has 0 amide bonds. The van der Waals surface area contributed by atoms with Gasteiger partial charge < -0.3 is 13.7 Å². The van der Waals surface area contributed by atoms with Gasteiger partial charge in [-0.2, -0.15) is 0 Å². The topological polar surface area (TPSA) is 27.3 Å². The molecule has 242 valence electrons. The van der Waals surface area contributed by atoms with Crippen LogP contribution in [0.25, 0.3) is 71.7 Å². The summed E-state index contributed by atoms with van der Waals surface area (Å²) in [5.41, 5.74) is 12.5. The van der Waals surface area contributed by atoms with Gasteiger partial charge in [0.05, 0.1) is 11.0 Å². The van der Waals surface area contributed by atoms with Crippen molar-refractivity contribution >= 4 is 43.7 Å². The van der Waals surface area contributed by atoms with Gasteiger partial charge in [0.2, 0.25) is 0 Å². The van der Waals surface area contributed by atoms with Crippen LogP contribution in [0.4, 0.5) is 0 Å².